The third-order valence-corrected chi connectivity index (χ3v) is 8.54. The summed E-state index contributed by atoms with van der Waals surface area (Å²) in [6, 6.07) is 42.8. The monoisotopic (exact) mass is 742 g/mol. The molecule has 4 fully saturated rings. The fourth-order valence-corrected chi connectivity index (χ4v) is 5.81. The van der Waals surface area contributed by atoms with E-state index in [2.05, 4.69) is 121 Å². The molecule has 4 nitrogen and oxygen atoms in total. The van der Waals surface area contributed by atoms with Gasteiger partial charge in [0.15, 0.2) is 0 Å². The Morgan fingerprint density at radius 3 is 0.500 bits per heavy atom. The van der Waals surface area contributed by atoms with E-state index in [0.717, 1.165) is 52.9 Å². The maximum Gasteiger partial charge on any atom is 0.0466 e. The van der Waals surface area contributed by atoms with Crippen LogP contribution in [0.25, 0.3) is 43.1 Å². The summed E-state index contributed by atoms with van der Waals surface area (Å²) in [5.74, 6) is 0. The molecule has 0 atom stereocenters. The average molecular weight is 743 g/mol. The SMILES string of the molecule is C1CCOC1.C1CCOC1.C1CCOC1.C1CCOC1.[Co].[K].c1ccc2cc3ccccc3cc2c1.c1ccc2cc3ccccc3cc2c1. The van der Waals surface area contributed by atoms with Gasteiger partial charge in [-0.3, -0.25) is 0 Å². The van der Waals surface area contributed by atoms with Crippen LogP contribution in [0.3, 0.4) is 0 Å². The molecule has 4 aliphatic heterocycles. The van der Waals surface area contributed by atoms with Crippen LogP contribution in [-0.4, -0.2) is 104 Å². The Balaban J connectivity index is 0.000000173. The van der Waals surface area contributed by atoms with Crippen LogP contribution < -0.4 is 0 Å². The van der Waals surface area contributed by atoms with Crippen molar-refractivity contribution >= 4 is 94.5 Å². The topological polar surface area (TPSA) is 36.9 Å². The first kappa shape index (κ1) is 42.8. The smallest absolute Gasteiger partial charge is 0.0466 e. The average Bonchev–Trinajstić information content (AvgIpc) is 4.01. The number of fused-ring (bicyclic) bond motifs is 4. The summed E-state index contributed by atoms with van der Waals surface area (Å²) in [5.41, 5.74) is 0. The third-order valence-electron chi connectivity index (χ3n) is 8.54. The van der Waals surface area contributed by atoms with Crippen molar-refractivity contribution in [2.75, 3.05) is 52.9 Å². The number of rotatable bonds is 0. The first-order valence-corrected chi connectivity index (χ1v) is 17.9. The molecule has 0 aliphatic carbocycles. The van der Waals surface area contributed by atoms with Crippen molar-refractivity contribution in [1.82, 2.24) is 0 Å². The maximum absolute atomic E-state index is 4.94. The van der Waals surface area contributed by atoms with E-state index in [-0.39, 0.29) is 68.2 Å². The summed E-state index contributed by atoms with van der Waals surface area (Å²) in [6.45, 7) is 8.00. The van der Waals surface area contributed by atoms with Crippen molar-refractivity contribution < 1.29 is 35.7 Å². The fraction of sp³-hybridized carbons (Fsp3) is 0.364. The van der Waals surface area contributed by atoms with E-state index in [1.54, 1.807) is 0 Å². The predicted octanol–water partition coefficient (Wildman–Crippen LogP) is 10.8. The van der Waals surface area contributed by atoms with Gasteiger partial charge in [0.2, 0.25) is 0 Å². The predicted molar refractivity (Wildman–Crippen MR) is 209 cm³/mol. The van der Waals surface area contributed by atoms with E-state index >= 15 is 0 Å². The Kier molecular flexibility index (Phi) is 22.4. The summed E-state index contributed by atoms with van der Waals surface area (Å²) in [5, 5.41) is 10.5. The fourth-order valence-electron chi connectivity index (χ4n) is 5.81. The van der Waals surface area contributed by atoms with Crippen molar-refractivity contribution in [3.63, 3.8) is 0 Å². The molecule has 0 spiro atoms. The third kappa shape index (κ3) is 15.5. The van der Waals surface area contributed by atoms with Gasteiger partial charge >= 0.3 is 0 Å². The van der Waals surface area contributed by atoms with Crippen LogP contribution in [-0.2, 0) is 35.7 Å². The molecule has 6 aromatic rings. The zero-order chi connectivity index (χ0) is 32.9. The van der Waals surface area contributed by atoms with Crippen LogP contribution in [0.15, 0.2) is 121 Å². The van der Waals surface area contributed by atoms with Gasteiger partial charge in [0.05, 0.1) is 0 Å². The molecule has 6 heteroatoms. The summed E-state index contributed by atoms with van der Waals surface area (Å²) in [4.78, 5) is 0. The Labute approximate surface area is 352 Å². The number of benzene rings is 6. The van der Waals surface area contributed by atoms with E-state index in [0.29, 0.717) is 0 Å². The van der Waals surface area contributed by atoms with Crippen LogP contribution in [0, 0.1) is 0 Å². The second kappa shape index (κ2) is 26.2. The standard InChI is InChI=1S/2C14H10.4C4H8O.Co.K/c2*1-2-6-12-10-14-8-4-3-7-13(14)9-11(12)5-1;4*1-2-4-5-3-1;;/h2*1-10H;4*1-4H2;;. The van der Waals surface area contributed by atoms with Gasteiger partial charge in [0, 0.05) is 121 Å². The van der Waals surface area contributed by atoms with Crippen LogP contribution in [0.2, 0.25) is 0 Å². The molecule has 262 valence electrons. The van der Waals surface area contributed by atoms with Gasteiger partial charge in [0.25, 0.3) is 0 Å². The number of hydrogen-bond donors (Lipinski definition) is 0. The number of hydrogen-bond acceptors (Lipinski definition) is 4. The van der Waals surface area contributed by atoms with Crippen LogP contribution >= 0.6 is 0 Å². The maximum atomic E-state index is 4.94. The molecular weight excluding hydrogens is 691 g/mol. The van der Waals surface area contributed by atoms with Crippen molar-refractivity contribution in [2.45, 2.75) is 51.4 Å². The second-order valence-electron chi connectivity index (χ2n) is 12.4. The quantitative estimate of drug-likeness (QED) is 0.115. The van der Waals surface area contributed by atoms with Crippen molar-refractivity contribution in [2.24, 2.45) is 0 Å². The molecular formula is C44H52CoKO4. The van der Waals surface area contributed by atoms with Crippen LogP contribution in [0.4, 0.5) is 0 Å². The van der Waals surface area contributed by atoms with Gasteiger partial charge in [-0.1, -0.05) is 97.1 Å². The van der Waals surface area contributed by atoms with Crippen LogP contribution in [0.1, 0.15) is 51.4 Å². The molecule has 0 aromatic heterocycles. The van der Waals surface area contributed by atoms with Crippen LogP contribution in [0.5, 0.6) is 0 Å². The Hall–Kier alpha value is -1.66. The molecule has 4 aliphatic rings. The van der Waals surface area contributed by atoms with E-state index < -0.39 is 0 Å². The molecule has 4 heterocycles. The van der Waals surface area contributed by atoms with Crippen molar-refractivity contribution in [3.05, 3.63) is 121 Å². The zero-order valence-electron chi connectivity index (χ0n) is 29.8. The van der Waals surface area contributed by atoms with Gasteiger partial charge in [-0.05, 0) is 119 Å². The van der Waals surface area contributed by atoms with E-state index in [1.165, 1.54) is 94.5 Å². The molecule has 0 saturated carbocycles. The largest absolute Gasteiger partial charge is 0.381 e. The van der Waals surface area contributed by atoms with E-state index in [4.69, 9.17) is 18.9 Å². The van der Waals surface area contributed by atoms with Gasteiger partial charge in [-0.25, -0.2) is 0 Å². The minimum atomic E-state index is 0. The van der Waals surface area contributed by atoms with E-state index in [1.807, 2.05) is 0 Å². The van der Waals surface area contributed by atoms with E-state index in [9.17, 15) is 0 Å². The molecule has 2 radical (unpaired) electrons. The molecule has 4 saturated heterocycles. The molecule has 0 bridgehead atoms. The first-order valence-electron chi connectivity index (χ1n) is 17.9. The Bertz CT molecular complexity index is 1370. The number of ether oxygens (including phenoxy) is 4. The molecule has 0 unspecified atom stereocenters. The van der Waals surface area contributed by atoms with Crippen molar-refractivity contribution in [1.29, 1.82) is 0 Å². The van der Waals surface area contributed by atoms with Gasteiger partial charge in [-0.2, -0.15) is 0 Å². The Morgan fingerprint density at radius 2 is 0.400 bits per heavy atom. The first-order chi connectivity index (χ1) is 23.9. The van der Waals surface area contributed by atoms with Gasteiger partial charge in [-0.15, -0.1) is 0 Å². The molecule has 0 amide bonds. The summed E-state index contributed by atoms with van der Waals surface area (Å²) in [6.07, 6.45) is 10.2. The summed E-state index contributed by atoms with van der Waals surface area (Å²) in [7, 11) is 0. The zero-order valence-corrected chi connectivity index (χ0v) is 34.0. The minimum absolute atomic E-state index is 0. The van der Waals surface area contributed by atoms with Gasteiger partial charge < -0.3 is 18.9 Å². The summed E-state index contributed by atoms with van der Waals surface area (Å²) < 4.78 is 19.8. The minimum Gasteiger partial charge on any atom is -0.381 e. The molecule has 10 rings (SSSR count). The molecule has 6 aromatic carbocycles. The molecule has 0 N–H and O–H groups in total. The Morgan fingerprint density at radius 1 is 0.260 bits per heavy atom. The summed E-state index contributed by atoms with van der Waals surface area (Å²) >= 11 is 0. The van der Waals surface area contributed by atoms with Crippen molar-refractivity contribution in [3.8, 4) is 0 Å². The molecule has 50 heavy (non-hydrogen) atoms. The second-order valence-corrected chi connectivity index (χ2v) is 12.4. The normalized spacial score (nSPS) is 15.7. The van der Waals surface area contributed by atoms with Gasteiger partial charge in [0.1, 0.15) is 0 Å².